The molecule has 1 unspecified atom stereocenters. The first kappa shape index (κ1) is 19.9. The molecule has 3 aliphatic rings. The summed E-state index contributed by atoms with van der Waals surface area (Å²) in [4.78, 5) is 38.4. The van der Waals surface area contributed by atoms with Gasteiger partial charge in [-0.2, -0.15) is 11.3 Å². The molecule has 1 saturated carbocycles. The molecule has 2 aliphatic heterocycles. The van der Waals surface area contributed by atoms with Crippen LogP contribution in [0, 0.1) is 0 Å². The number of aromatic amines is 1. The smallest absolute Gasteiger partial charge is 0.254 e. The Hall–Kier alpha value is -1.99. The zero-order valence-electron chi connectivity index (χ0n) is 17.4. The first-order chi connectivity index (χ1) is 14.7. The van der Waals surface area contributed by atoms with Crippen molar-refractivity contribution in [2.45, 2.75) is 76.4 Å². The van der Waals surface area contributed by atoms with Gasteiger partial charge in [0.2, 0.25) is 5.91 Å². The fourth-order valence-electron chi connectivity index (χ4n) is 5.40. The van der Waals surface area contributed by atoms with Gasteiger partial charge in [-0.25, -0.2) is 4.98 Å². The zero-order valence-corrected chi connectivity index (χ0v) is 18.3. The van der Waals surface area contributed by atoms with Crippen LogP contribution in [0.15, 0.2) is 21.6 Å². The molecule has 1 N–H and O–H groups in total. The molecule has 0 aromatic carbocycles. The van der Waals surface area contributed by atoms with Gasteiger partial charge in [0.05, 0.1) is 18.2 Å². The maximum atomic E-state index is 13.1. The largest absolute Gasteiger partial charge is 0.332 e. The third kappa shape index (κ3) is 3.97. The molecule has 2 aromatic rings. The van der Waals surface area contributed by atoms with Gasteiger partial charge in [-0.3, -0.25) is 14.5 Å². The molecule has 1 amide bonds. The topological polar surface area (TPSA) is 69.3 Å². The van der Waals surface area contributed by atoms with Crippen molar-refractivity contribution in [2.75, 3.05) is 13.1 Å². The highest BCUT2D eigenvalue weighted by atomic mass is 32.1. The van der Waals surface area contributed by atoms with Crippen LogP contribution in [0.5, 0.6) is 0 Å². The van der Waals surface area contributed by atoms with E-state index in [1.165, 1.54) is 25.7 Å². The van der Waals surface area contributed by atoms with Crippen LogP contribution in [0.2, 0.25) is 0 Å². The summed E-state index contributed by atoms with van der Waals surface area (Å²) in [5, 5.41) is 4.04. The van der Waals surface area contributed by atoms with Crippen LogP contribution in [0.25, 0.3) is 0 Å². The molecule has 2 fully saturated rings. The summed E-state index contributed by atoms with van der Waals surface area (Å²) < 4.78 is 0. The predicted molar refractivity (Wildman–Crippen MR) is 118 cm³/mol. The highest BCUT2D eigenvalue weighted by Crippen LogP contribution is 2.31. The van der Waals surface area contributed by atoms with E-state index in [1.807, 2.05) is 21.7 Å². The van der Waals surface area contributed by atoms with Gasteiger partial charge in [0.25, 0.3) is 5.56 Å². The molecule has 4 heterocycles. The van der Waals surface area contributed by atoms with Crippen molar-refractivity contribution in [1.29, 1.82) is 0 Å². The summed E-state index contributed by atoms with van der Waals surface area (Å²) in [6.07, 6.45) is 9.28. The van der Waals surface area contributed by atoms with Gasteiger partial charge >= 0.3 is 0 Å². The van der Waals surface area contributed by atoms with Gasteiger partial charge in [-0.15, -0.1) is 0 Å². The molecule has 160 valence electrons. The van der Waals surface area contributed by atoms with Gasteiger partial charge in [-0.05, 0) is 60.9 Å². The van der Waals surface area contributed by atoms with Crippen LogP contribution in [0.1, 0.15) is 73.6 Å². The standard InChI is InChI=1S/C23H30N4O2S/c28-21(13-16-9-12-30-15-16)27-10-4-3-7-20(27)22-24-19-14-26(17-5-1-2-6-17)11-8-18(19)23(29)25-22/h9,12,15,17,20H,1-8,10-11,13-14H2,(H,24,25,29). The molecule has 0 bridgehead atoms. The summed E-state index contributed by atoms with van der Waals surface area (Å²) in [6, 6.07) is 2.53. The molecule has 6 nitrogen and oxygen atoms in total. The van der Waals surface area contributed by atoms with Gasteiger partial charge < -0.3 is 9.88 Å². The third-order valence-corrected chi connectivity index (χ3v) is 7.77. The number of piperidine rings is 1. The molecule has 1 atom stereocenters. The number of carbonyl (C=O) groups is 1. The highest BCUT2D eigenvalue weighted by Gasteiger charge is 2.32. The minimum Gasteiger partial charge on any atom is -0.332 e. The Morgan fingerprint density at radius 3 is 2.80 bits per heavy atom. The molecule has 30 heavy (non-hydrogen) atoms. The number of rotatable bonds is 4. The lowest BCUT2D eigenvalue weighted by Crippen LogP contribution is -2.43. The van der Waals surface area contributed by atoms with E-state index in [1.54, 1.807) is 11.3 Å². The number of aromatic nitrogens is 2. The van der Waals surface area contributed by atoms with E-state index in [2.05, 4.69) is 9.88 Å². The second-order valence-electron chi connectivity index (χ2n) is 8.94. The van der Waals surface area contributed by atoms with Gasteiger partial charge in [0, 0.05) is 31.2 Å². The SMILES string of the molecule is O=C(Cc1ccsc1)N1CCCCC1c1nc2c(c(=O)[nH]1)CCN(C1CCCC1)C2. The van der Waals surface area contributed by atoms with E-state index < -0.39 is 0 Å². The first-order valence-electron chi connectivity index (χ1n) is 11.4. The van der Waals surface area contributed by atoms with Gasteiger partial charge in [0.15, 0.2) is 0 Å². The number of carbonyl (C=O) groups excluding carboxylic acids is 1. The molecule has 1 saturated heterocycles. The molecule has 0 spiro atoms. The van der Waals surface area contributed by atoms with Crippen LogP contribution < -0.4 is 5.56 Å². The second-order valence-corrected chi connectivity index (χ2v) is 9.72. The lowest BCUT2D eigenvalue weighted by molar-refractivity contribution is -0.134. The number of H-pyrrole nitrogens is 1. The van der Waals surface area contributed by atoms with E-state index >= 15 is 0 Å². The Kier molecular flexibility index (Phi) is 5.74. The lowest BCUT2D eigenvalue weighted by Gasteiger charge is -2.36. The Bertz CT molecular complexity index is 949. The molecule has 7 heteroatoms. The fraction of sp³-hybridized carbons (Fsp3) is 0.609. The zero-order chi connectivity index (χ0) is 20.5. The number of likely N-dealkylation sites (tertiary alicyclic amines) is 1. The number of hydrogen-bond donors (Lipinski definition) is 1. The number of nitrogens with zero attached hydrogens (tertiary/aromatic N) is 3. The lowest BCUT2D eigenvalue weighted by atomic mass is 9.99. The average Bonchev–Trinajstić information content (AvgIpc) is 3.48. The monoisotopic (exact) mass is 426 g/mol. The van der Waals surface area contributed by atoms with Crippen LogP contribution in [-0.2, 0) is 24.2 Å². The van der Waals surface area contributed by atoms with Gasteiger partial charge in [-0.1, -0.05) is 12.8 Å². The van der Waals surface area contributed by atoms with Crippen molar-refractivity contribution >= 4 is 17.2 Å². The highest BCUT2D eigenvalue weighted by molar-refractivity contribution is 7.08. The first-order valence-corrected chi connectivity index (χ1v) is 12.3. The Morgan fingerprint density at radius 1 is 1.17 bits per heavy atom. The van der Waals surface area contributed by atoms with Crippen LogP contribution in [0.4, 0.5) is 0 Å². The number of amides is 1. The summed E-state index contributed by atoms with van der Waals surface area (Å²) >= 11 is 1.62. The fourth-order valence-corrected chi connectivity index (χ4v) is 6.07. The Balaban J connectivity index is 1.39. The number of fused-ring (bicyclic) bond motifs is 1. The van der Waals surface area contributed by atoms with E-state index in [-0.39, 0.29) is 17.5 Å². The van der Waals surface area contributed by atoms with E-state index in [4.69, 9.17) is 4.98 Å². The average molecular weight is 427 g/mol. The number of hydrogen-bond acceptors (Lipinski definition) is 5. The summed E-state index contributed by atoms with van der Waals surface area (Å²) in [5.74, 6) is 0.816. The normalized spacial score (nSPS) is 22.9. The van der Waals surface area contributed by atoms with E-state index in [0.29, 0.717) is 18.3 Å². The van der Waals surface area contributed by atoms with Crippen molar-refractivity contribution in [3.63, 3.8) is 0 Å². The Morgan fingerprint density at radius 2 is 2.00 bits per heavy atom. The maximum absolute atomic E-state index is 13.1. The van der Waals surface area contributed by atoms with Crippen LogP contribution in [0.3, 0.4) is 0 Å². The summed E-state index contributed by atoms with van der Waals surface area (Å²) in [7, 11) is 0. The molecule has 0 radical (unpaired) electrons. The van der Waals surface area contributed by atoms with Crippen molar-refractivity contribution in [1.82, 2.24) is 19.8 Å². The second kappa shape index (κ2) is 8.63. The summed E-state index contributed by atoms with van der Waals surface area (Å²) in [5.41, 5.74) is 2.84. The maximum Gasteiger partial charge on any atom is 0.254 e. The molecular weight excluding hydrogens is 396 g/mol. The molecule has 5 rings (SSSR count). The molecule has 2 aromatic heterocycles. The quantitative estimate of drug-likeness (QED) is 0.813. The van der Waals surface area contributed by atoms with Crippen LogP contribution >= 0.6 is 11.3 Å². The third-order valence-electron chi connectivity index (χ3n) is 7.04. The number of nitrogens with one attached hydrogen (secondary N) is 1. The summed E-state index contributed by atoms with van der Waals surface area (Å²) in [6.45, 7) is 2.46. The number of thiophene rings is 1. The van der Waals surface area contributed by atoms with Crippen molar-refractivity contribution in [3.05, 3.63) is 49.8 Å². The minimum absolute atomic E-state index is 0.00289. The van der Waals surface area contributed by atoms with Gasteiger partial charge in [0.1, 0.15) is 5.82 Å². The van der Waals surface area contributed by atoms with Crippen molar-refractivity contribution in [3.8, 4) is 0 Å². The molecule has 1 aliphatic carbocycles. The predicted octanol–water partition coefficient (Wildman–Crippen LogP) is 3.43. The van der Waals surface area contributed by atoms with E-state index in [0.717, 1.165) is 62.1 Å². The van der Waals surface area contributed by atoms with Crippen molar-refractivity contribution in [2.24, 2.45) is 0 Å². The van der Waals surface area contributed by atoms with Crippen molar-refractivity contribution < 1.29 is 4.79 Å². The molecular formula is C23H30N4O2S. The van der Waals surface area contributed by atoms with Crippen LogP contribution in [-0.4, -0.2) is 44.8 Å². The van der Waals surface area contributed by atoms with E-state index in [9.17, 15) is 9.59 Å². The Labute approximate surface area is 181 Å². The minimum atomic E-state index is -0.121.